The summed E-state index contributed by atoms with van der Waals surface area (Å²) in [7, 11) is 0. The highest BCUT2D eigenvalue weighted by molar-refractivity contribution is 5.93. The van der Waals surface area contributed by atoms with Gasteiger partial charge in [0.15, 0.2) is 0 Å². The second kappa shape index (κ2) is 7.38. The molecule has 4 N–H and O–H groups in total. The number of hydrogen-bond donors (Lipinski definition) is 3. The fourth-order valence-corrected chi connectivity index (χ4v) is 2.55. The maximum Gasteiger partial charge on any atom is 0.265 e. The predicted molar refractivity (Wildman–Crippen MR) is 77.8 cm³/mol. The van der Waals surface area contributed by atoms with Crippen molar-refractivity contribution < 1.29 is 9.90 Å². The van der Waals surface area contributed by atoms with Crippen molar-refractivity contribution in [2.45, 2.75) is 38.3 Å². The molecule has 0 saturated heterocycles. The lowest BCUT2D eigenvalue weighted by molar-refractivity contribution is 0.0953. The van der Waals surface area contributed by atoms with Crippen molar-refractivity contribution in [3.05, 3.63) is 35.4 Å². The molecule has 0 aromatic heterocycles. The maximum absolute atomic E-state index is 11.5. The summed E-state index contributed by atoms with van der Waals surface area (Å²) in [6.45, 7) is 1.93. The van der Waals surface area contributed by atoms with Gasteiger partial charge in [0.05, 0.1) is 0 Å². The van der Waals surface area contributed by atoms with Gasteiger partial charge in [0.25, 0.3) is 5.91 Å². The molecule has 1 aliphatic rings. The van der Waals surface area contributed by atoms with Gasteiger partial charge in [-0.3, -0.25) is 15.1 Å². The van der Waals surface area contributed by atoms with E-state index in [4.69, 9.17) is 10.9 Å². The van der Waals surface area contributed by atoms with Crippen molar-refractivity contribution in [2.75, 3.05) is 13.2 Å². The molecule has 1 saturated carbocycles. The van der Waals surface area contributed by atoms with Crippen LogP contribution in [0.25, 0.3) is 0 Å². The van der Waals surface area contributed by atoms with Gasteiger partial charge in [0.1, 0.15) is 0 Å². The van der Waals surface area contributed by atoms with Gasteiger partial charge in [0.2, 0.25) is 0 Å². The molecule has 0 bridgehead atoms. The molecule has 1 aromatic rings. The van der Waals surface area contributed by atoms with E-state index in [0.717, 1.165) is 25.1 Å². The van der Waals surface area contributed by atoms with E-state index < -0.39 is 0 Å². The summed E-state index contributed by atoms with van der Waals surface area (Å²) in [5, 5.41) is 9.01. The molecule has 0 atom stereocenters. The standard InChI is InChI=1S/C15H23N3O2/c16-17-15(20)13-5-1-4-12(10-13)11-18(8-3-9-19)14-6-2-7-14/h1,4-5,10,14,19H,2-3,6-9,11,16H2,(H,17,20). The van der Waals surface area contributed by atoms with Gasteiger partial charge in [-0.1, -0.05) is 18.6 Å². The molecule has 0 aliphatic heterocycles. The van der Waals surface area contributed by atoms with Crippen LogP contribution < -0.4 is 11.3 Å². The molecule has 0 heterocycles. The third-order valence-electron chi connectivity index (χ3n) is 3.90. The van der Waals surface area contributed by atoms with Crippen LogP contribution in [0.5, 0.6) is 0 Å². The SMILES string of the molecule is NNC(=O)c1cccc(CN(CCCO)C2CCC2)c1. The van der Waals surface area contributed by atoms with Crippen molar-refractivity contribution in [2.24, 2.45) is 5.84 Å². The zero-order valence-corrected chi connectivity index (χ0v) is 11.7. The van der Waals surface area contributed by atoms with Gasteiger partial charge in [0, 0.05) is 31.3 Å². The number of nitrogens with zero attached hydrogens (tertiary/aromatic N) is 1. The Kier molecular flexibility index (Phi) is 5.52. The first kappa shape index (κ1) is 15.0. The van der Waals surface area contributed by atoms with E-state index in [0.29, 0.717) is 11.6 Å². The van der Waals surface area contributed by atoms with E-state index in [1.165, 1.54) is 19.3 Å². The molecular formula is C15H23N3O2. The first-order chi connectivity index (χ1) is 9.74. The number of rotatable bonds is 7. The zero-order valence-electron chi connectivity index (χ0n) is 11.7. The molecule has 0 spiro atoms. The van der Waals surface area contributed by atoms with Crippen molar-refractivity contribution in [3.8, 4) is 0 Å². The third-order valence-corrected chi connectivity index (χ3v) is 3.90. The lowest BCUT2D eigenvalue weighted by Gasteiger charge is -2.37. The number of hydrogen-bond acceptors (Lipinski definition) is 4. The molecule has 0 unspecified atom stereocenters. The normalized spacial score (nSPS) is 15.2. The zero-order chi connectivity index (χ0) is 14.4. The third kappa shape index (κ3) is 3.79. The summed E-state index contributed by atoms with van der Waals surface area (Å²) >= 11 is 0. The van der Waals surface area contributed by atoms with Crippen molar-refractivity contribution in [1.29, 1.82) is 0 Å². The average Bonchev–Trinajstić information content (AvgIpc) is 2.42. The number of amides is 1. The molecule has 1 amide bonds. The minimum absolute atomic E-state index is 0.221. The second-order valence-corrected chi connectivity index (χ2v) is 5.31. The number of aliphatic hydroxyl groups is 1. The molecular weight excluding hydrogens is 254 g/mol. The summed E-state index contributed by atoms with van der Waals surface area (Å²) < 4.78 is 0. The van der Waals surface area contributed by atoms with Gasteiger partial charge >= 0.3 is 0 Å². The Morgan fingerprint density at radius 1 is 1.45 bits per heavy atom. The van der Waals surface area contributed by atoms with Gasteiger partial charge < -0.3 is 5.11 Å². The maximum atomic E-state index is 11.5. The second-order valence-electron chi connectivity index (χ2n) is 5.31. The summed E-state index contributed by atoms with van der Waals surface area (Å²) in [6, 6.07) is 8.16. The van der Waals surface area contributed by atoms with Crippen LogP contribution in [-0.4, -0.2) is 35.1 Å². The quantitative estimate of drug-likeness (QED) is 0.395. The van der Waals surface area contributed by atoms with Crippen LogP contribution in [0.15, 0.2) is 24.3 Å². The Bertz CT molecular complexity index is 446. The summed E-state index contributed by atoms with van der Waals surface area (Å²) in [4.78, 5) is 13.9. The predicted octanol–water partition coefficient (Wildman–Crippen LogP) is 1.03. The van der Waals surface area contributed by atoms with E-state index >= 15 is 0 Å². The van der Waals surface area contributed by atoms with Crippen LogP contribution in [0.4, 0.5) is 0 Å². The van der Waals surface area contributed by atoms with E-state index in [1.54, 1.807) is 6.07 Å². The average molecular weight is 277 g/mol. The molecule has 1 fully saturated rings. The Morgan fingerprint density at radius 2 is 2.25 bits per heavy atom. The number of nitrogens with one attached hydrogen (secondary N) is 1. The smallest absolute Gasteiger partial charge is 0.265 e. The van der Waals surface area contributed by atoms with E-state index in [9.17, 15) is 4.79 Å². The number of nitrogens with two attached hydrogens (primary N) is 1. The Hall–Kier alpha value is -1.43. The fraction of sp³-hybridized carbons (Fsp3) is 0.533. The van der Waals surface area contributed by atoms with Crippen molar-refractivity contribution >= 4 is 5.91 Å². The van der Waals surface area contributed by atoms with E-state index in [-0.39, 0.29) is 12.5 Å². The number of nitrogen functional groups attached to an aromatic ring is 1. The van der Waals surface area contributed by atoms with E-state index in [1.807, 2.05) is 18.2 Å². The van der Waals surface area contributed by atoms with Gasteiger partial charge in [-0.2, -0.15) is 0 Å². The summed E-state index contributed by atoms with van der Waals surface area (Å²) in [5.74, 6) is 4.90. The van der Waals surface area contributed by atoms with Crippen molar-refractivity contribution in [1.82, 2.24) is 10.3 Å². The Balaban J connectivity index is 2.03. The molecule has 110 valence electrons. The summed E-state index contributed by atoms with van der Waals surface area (Å²) in [6.07, 6.45) is 4.54. The highest BCUT2D eigenvalue weighted by atomic mass is 16.3. The lowest BCUT2D eigenvalue weighted by atomic mass is 9.91. The molecule has 1 aromatic carbocycles. The fourth-order valence-electron chi connectivity index (χ4n) is 2.55. The lowest BCUT2D eigenvalue weighted by Crippen LogP contribution is -2.40. The Morgan fingerprint density at radius 3 is 2.85 bits per heavy atom. The van der Waals surface area contributed by atoms with Gasteiger partial charge in [-0.15, -0.1) is 0 Å². The number of carbonyl (C=O) groups is 1. The summed E-state index contributed by atoms with van der Waals surface area (Å²) in [5.41, 5.74) is 3.85. The molecule has 5 nitrogen and oxygen atoms in total. The highest BCUT2D eigenvalue weighted by Crippen LogP contribution is 2.26. The largest absolute Gasteiger partial charge is 0.396 e. The highest BCUT2D eigenvalue weighted by Gasteiger charge is 2.24. The minimum Gasteiger partial charge on any atom is -0.396 e. The van der Waals surface area contributed by atoms with Crippen LogP contribution >= 0.6 is 0 Å². The van der Waals surface area contributed by atoms with Crippen LogP contribution in [0.2, 0.25) is 0 Å². The number of hydrazine groups is 1. The number of carbonyl (C=O) groups excluding carboxylic acids is 1. The minimum atomic E-state index is -0.266. The first-order valence-corrected chi connectivity index (χ1v) is 7.19. The number of benzene rings is 1. The van der Waals surface area contributed by atoms with Crippen LogP contribution in [-0.2, 0) is 6.54 Å². The molecule has 2 rings (SSSR count). The topological polar surface area (TPSA) is 78.6 Å². The molecule has 1 aliphatic carbocycles. The molecule has 0 radical (unpaired) electrons. The van der Waals surface area contributed by atoms with Gasteiger partial charge in [-0.05, 0) is 37.0 Å². The Labute approximate surface area is 119 Å². The van der Waals surface area contributed by atoms with E-state index in [2.05, 4.69) is 10.3 Å². The van der Waals surface area contributed by atoms with Crippen LogP contribution in [0.3, 0.4) is 0 Å². The van der Waals surface area contributed by atoms with Crippen LogP contribution in [0, 0.1) is 0 Å². The van der Waals surface area contributed by atoms with Gasteiger partial charge in [-0.25, -0.2) is 5.84 Å². The van der Waals surface area contributed by atoms with Crippen LogP contribution in [0.1, 0.15) is 41.6 Å². The molecule has 20 heavy (non-hydrogen) atoms. The van der Waals surface area contributed by atoms with Crippen molar-refractivity contribution in [3.63, 3.8) is 0 Å². The molecule has 5 heteroatoms. The number of aliphatic hydroxyl groups excluding tert-OH is 1. The monoisotopic (exact) mass is 277 g/mol. The first-order valence-electron chi connectivity index (χ1n) is 7.19.